The van der Waals surface area contributed by atoms with Gasteiger partial charge in [0.2, 0.25) is 0 Å². The van der Waals surface area contributed by atoms with Crippen LogP contribution < -0.4 is 0 Å². The standard InChI is InChI=1S/C9H14N2/c1-2-3-4-5-6-9-7-10-8-11-9/h2,7-8H,1,3-6H2,(H,10,11). The highest BCUT2D eigenvalue weighted by atomic mass is 14.9. The summed E-state index contributed by atoms with van der Waals surface area (Å²) >= 11 is 0. The van der Waals surface area contributed by atoms with Crippen LogP contribution in [0.3, 0.4) is 0 Å². The Labute approximate surface area is 67.4 Å². The third kappa shape index (κ3) is 3.03. The number of aryl methyl sites for hydroxylation is 1. The molecular formula is C9H14N2. The van der Waals surface area contributed by atoms with Crippen molar-refractivity contribution in [3.8, 4) is 0 Å². The molecule has 2 nitrogen and oxygen atoms in total. The van der Waals surface area contributed by atoms with Gasteiger partial charge in [-0.3, -0.25) is 0 Å². The Morgan fingerprint density at radius 1 is 1.55 bits per heavy atom. The zero-order chi connectivity index (χ0) is 7.94. The maximum atomic E-state index is 3.95. The molecule has 1 heterocycles. The minimum atomic E-state index is 1.10. The van der Waals surface area contributed by atoms with Crippen LogP contribution in [0.1, 0.15) is 25.0 Å². The summed E-state index contributed by atoms with van der Waals surface area (Å²) in [6.45, 7) is 3.68. The smallest absolute Gasteiger partial charge is 0.0921 e. The predicted molar refractivity (Wildman–Crippen MR) is 46.3 cm³/mol. The van der Waals surface area contributed by atoms with Gasteiger partial charge in [0.1, 0.15) is 0 Å². The molecule has 0 aliphatic heterocycles. The molecule has 0 unspecified atom stereocenters. The third-order valence-electron chi connectivity index (χ3n) is 1.66. The van der Waals surface area contributed by atoms with Crippen LogP contribution in [0.15, 0.2) is 25.2 Å². The summed E-state index contributed by atoms with van der Waals surface area (Å²) in [5.74, 6) is 0. The van der Waals surface area contributed by atoms with E-state index < -0.39 is 0 Å². The van der Waals surface area contributed by atoms with Crippen molar-refractivity contribution >= 4 is 0 Å². The quantitative estimate of drug-likeness (QED) is 0.506. The number of hydrogen-bond donors (Lipinski definition) is 1. The van der Waals surface area contributed by atoms with E-state index in [1.807, 2.05) is 12.3 Å². The van der Waals surface area contributed by atoms with Crippen LogP contribution >= 0.6 is 0 Å². The lowest BCUT2D eigenvalue weighted by atomic mass is 10.1. The summed E-state index contributed by atoms with van der Waals surface area (Å²) in [4.78, 5) is 7.02. The van der Waals surface area contributed by atoms with Gasteiger partial charge in [-0.2, -0.15) is 0 Å². The maximum absolute atomic E-state index is 3.95. The number of allylic oxidation sites excluding steroid dienone is 1. The highest BCUT2D eigenvalue weighted by Crippen LogP contribution is 2.02. The Kier molecular flexibility index (Phi) is 3.45. The fourth-order valence-electron chi connectivity index (χ4n) is 1.03. The molecule has 1 rings (SSSR count). The summed E-state index contributed by atoms with van der Waals surface area (Å²) in [5, 5.41) is 0. The van der Waals surface area contributed by atoms with Crippen molar-refractivity contribution in [2.75, 3.05) is 0 Å². The van der Waals surface area contributed by atoms with E-state index in [0.29, 0.717) is 0 Å². The molecule has 0 atom stereocenters. The third-order valence-corrected chi connectivity index (χ3v) is 1.66. The van der Waals surface area contributed by atoms with Gasteiger partial charge in [-0.15, -0.1) is 6.58 Å². The van der Waals surface area contributed by atoms with Gasteiger partial charge in [0.25, 0.3) is 0 Å². The number of aromatic amines is 1. The number of rotatable bonds is 5. The van der Waals surface area contributed by atoms with E-state index >= 15 is 0 Å². The summed E-state index contributed by atoms with van der Waals surface area (Å²) in [5.41, 5.74) is 1.23. The van der Waals surface area contributed by atoms with Crippen LogP contribution in [-0.4, -0.2) is 9.97 Å². The van der Waals surface area contributed by atoms with Crippen LogP contribution in [0.5, 0.6) is 0 Å². The van der Waals surface area contributed by atoms with Crippen molar-refractivity contribution < 1.29 is 0 Å². The van der Waals surface area contributed by atoms with Crippen molar-refractivity contribution in [2.24, 2.45) is 0 Å². The molecule has 0 amide bonds. The topological polar surface area (TPSA) is 28.7 Å². The van der Waals surface area contributed by atoms with Gasteiger partial charge in [0, 0.05) is 11.9 Å². The van der Waals surface area contributed by atoms with Gasteiger partial charge < -0.3 is 4.98 Å². The van der Waals surface area contributed by atoms with Crippen LogP contribution in [0.2, 0.25) is 0 Å². The minimum Gasteiger partial charge on any atom is -0.348 e. The Morgan fingerprint density at radius 3 is 3.09 bits per heavy atom. The molecule has 0 spiro atoms. The van der Waals surface area contributed by atoms with E-state index in [-0.39, 0.29) is 0 Å². The fourth-order valence-corrected chi connectivity index (χ4v) is 1.03. The van der Waals surface area contributed by atoms with Gasteiger partial charge in [-0.1, -0.05) is 6.08 Å². The fraction of sp³-hybridized carbons (Fsp3) is 0.444. The van der Waals surface area contributed by atoms with Crippen LogP contribution in [0, 0.1) is 0 Å². The molecule has 0 aliphatic rings. The first-order valence-electron chi connectivity index (χ1n) is 4.01. The number of unbranched alkanes of at least 4 members (excludes halogenated alkanes) is 2. The number of imidazole rings is 1. The highest BCUT2D eigenvalue weighted by molar-refractivity contribution is 4.93. The number of nitrogens with zero attached hydrogens (tertiary/aromatic N) is 1. The van der Waals surface area contributed by atoms with Crippen molar-refractivity contribution in [1.29, 1.82) is 0 Å². The summed E-state index contributed by atoms with van der Waals surface area (Å²) < 4.78 is 0. The molecule has 0 fully saturated rings. The monoisotopic (exact) mass is 150 g/mol. The molecule has 2 heteroatoms. The Balaban J connectivity index is 2.09. The lowest BCUT2D eigenvalue weighted by Gasteiger charge is -1.94. The van der Waals surface area contributed by atoms with E-state index in [2.05, 4.69) is 16.5 Å². The molecule has 0 saturated carbocycles. The number of hydrogen-bond acceptors (Lipinski definition) is 1. The average molecular weight is 150 g/mol. The van der Waals surface area contributed by atoms with E-state index in [1.54, 1.807) is 6.33 Å². The van der Waals surface area contributed by atoms with Crippen LogP contribution in [0.25, 0.3) is 0 Å². The number of aromatic nitrogens is 2. The Bertz CT molecular complexity index is 189. The largest absolute Gasteiger partial charge is 0.348 e. The molecule has 0 radical (unpaired) electrons. The molecule has 60 valence electrons. The minimum absolute atomic E-state index is 1.10. The maximum Gasteiger partial charge on any atom is 0.0921 e. The molecule has 1 N–H and O–H groups in total. The van der Waals surface area contributed by atoms with Gasteiger partial charge in [-0.05, 0) is 25.7 Å². The second-order valence-corrected chi connectivity index (χ2v) is 2.61. The Morgan fingerprint density at radius 2 is 2.45 bits per heavy atom. The summed E-state index contributed by atoms with van der Waals surface area (Å²) in [6, 6.07) is 0. The molecule has 0 saturated heterocycles. The first-order chi connectivity index (χ1) is 5.43. The predicted octanol–water partition coefficient (Wildman–Crippen LogP) is 2.31. The molecule has 0 bridgehead atoms. The summed E-state index contributed by atoms with van der Waals surface area (Å²) in [7, 11) is 0. The lowest BCUT2D eigenvalue weighted by Crippen LogP contribution is -1.84. The van der Waals surface area contributed by atoms with Crippen LogP contribution in [0.4, 0.5) is 0 Å². The van der Waals surface area contributed by atoms with Crippen LogP contribution in [-0.2, 0) is 6.42 Å². The molecular weight excluding hydrogens is 136 g/mol. The molecule has 11 heavy (non-hydrogen) atoms. The zero-order valence-electron chi connectivity index (χ0n) is 6.71. The molecule has 0 aromatic carbocycles. The van der Waals surface area contributed by atoms with E-state index in [1.165, 1.54) is 18.5 Å². The van der Waals surface area contributed by atoms with Gasteiger partial charge in [0.05, 0.1) is 6.33 Å². The van der Waals surface area contributed by atoms with E-state index in [0.717, 1.165) is 12.8 Å². The number of H-pyrrole nitrogens is 1. The number of nitrogens with one attached hydrogen (secondary N) is 1. The molecule has 0 aliphatic carbocycles. The van der Waals surface area contributed by atoms with E-state index in [9.17, 15) is 0 Å². The van der Waals surface area contributed by atoms with E-state index in [4.69, 9.17) is 0 Å². The highest BCUT2D eigenvalue weighted by Gasteiger charge is 1.91. The average Bonchev–Trinajstić information content (AvgIpc) is 2.50. The molecule has 1 aromatic rings. The van der Waals surface area contributed by atoms with Gasteiger partial charge >= 0.3 is 0 Å². The van der Waals surface area contributed by atoms with Crippen molar-refractivity contribution in [1.82, 2.24) is 9.97 Å². The second kappa shape index (κ2) is 4.72. The van der Waals surface area contributed by atoms with Crippen molar-refractivity contribution in [3.05, 3.63) is 30.9 Å². The van der Waals surface area contributed by atoms with Gasteiger partial charge in [0.15, 0.2) is 0 Å². The Hall–Kier alpha value is -1.05. The SMILES string of the molecule is C=CCCCCc1cnc[nH]1. The second-order valence-electron chi connectivity index (χ2n) is 2.61. The lowest BCUT2D eigenvalue weighted by molar-refractivity contribution is 0.738. The summed E-state index contributed by atoms with van der Waals surface area (Å²) in [6.07, 6.45) is 10.2. The van der Waals surface area contributed by atoms with Crippen molar-refractivity contribution in [2.45, 2.75) is 25.7 Å². The normalized spacial score (nSPS) is 9.82. The first-order valence-corrected chi connectivity index (χ1v) is 4.01. The zero-order valence-corrected chi connectivity index (χ0v) is 6.71. The van der Waals surface area contributed by atoms with Gasteiger partial charge in [-0.25, -0.2) is 4.98 Å². The first kappa shape index (κ1) is 8.05. The molecule has 1 aromatic heterocycles. The van der Waals surface area contributed by atoms with Crippen molar-refractivity contribution in [3.63, 3.8) is 0 Å².